The van der Waals surface area contributed by atoms with Gasteiger partial charge in [-0.15, -0.1) is 0 Å². The Balaban J connectivity index is 2.38. The van der Waals surface area contributed by atoms with Gasteiger partial charge in [0.15, 0.2) is 0 Å². The van der Waals surface area contributed by atoms with Crippen molar-refractivity contribution in [2.45, 2.75) is 31.8 Å². The fourth-order valence-electron chi connectivity index (χ4n) is 2.25. The van der Waals surface area contributed by atoms with Crippen LogP contribution < -0.4 is 0 Å². The summed E-state index contributed by atoms with van der Waals surface area (Å²) in [5.41, 5.74) is 0.523. The highest BCUT2D eigenvalue weighted by atomic mass is 16.3. The van der Waals surface area contributed by atoms with Crippen molar-refractivity contribution in [3.8, 4) is 0 Å². The summed E-state index contributed by atoms with van der Waals surface area (Å²) in [6.07, 6.45) is 4.12. The van der Waals surface area contributed by atoms with Crippen LogP contribution in [0.15, 0.2) is 24.3 Å². The Bertz CT molecular complexity index is 365. The van der Waals surface area contributed by atoms with Crippen LogP contribution in [0.4, 0.5) is 0 Å². The summed E-state index contributed by atoms with van der Waals surface area (Å²) in [5.74, 6) is 0.304. The summed E-state index contributed by atoms with van der Waals surface area (Å²) < 4.78 is 0. The molecule has 0 radical (unpaired) electrons. The van der Waals surface area contributed by atoms with E-state index in [9.17, 15) is 9.90 Å². The minimum absolute atomic E-state index is 0.304. The molecule has 1 atom stereocenters. The molecule has 2 rings (SSSR count). The predicted molar refractivity (Wildman–Crippen MR) is 58.7 cm³/mol. The van der Waals surface area contributed by atoms with Crippen molar-refractivity contribution in [1.29, 1.82) is 0 Å². The smallest absolute Gasteiger partial charge is 0.150 e. The molecule has 1 saturated carbocycles. The van der Waals surface area contributed by atoms with E-state index in [1.54, 1.807) is 6.07 Å². The summed E-state index contributed by atoms with van der Waals surface area (Å²) in [7, 11) is 0. The van der Waals surface area contributed by atoms with E-state index in [1.807, 2.05) is 25.1 Å². The van der Waals surface area contributed by atoms with Crippen molar-refractivity contribution in [1.82, 2.24) is 0 Å². The SMILES string of the molecule is CC(O)(c1ccccc1C=O)C1CCC1. The summed E-state index contributed by atoms with van der Waals surface area (Å²) in [6, 6.07) is 7.30. The van der Waals surface area contributed by atoms with Gasteiger partial charge in [-0.1, -0.05) is 30.7 Å². The quantitative estimate of drug-likeness (QED) is 0.768. The maximum absolute atomic E-state index is 10.9. The van der Waals surface area contributed by atoms with E-state index >= 15 is 0 Å². The second kappa shape index (κ2) is 3.78. The van der Waals surface area contributed by atoms with Gasteiger partial charge in [0.1, 0.15) is 6.29 Å². The normalized spacial score (nSPS) is 20.4. The highest BCUT2D eigenvalue weighted by molar-refractivity contribution is 5.77. The number of hydrogen-bond donors (Lipinski definition) is 1. The molecule has 0 aromatic heterocycles. The van der Waals surface area contributed by atoms with E-state index in [1.165, 1.54) is 6.42 Å². The topological polar surface area (TPSA) is 37.3 Å². The molecule has 1 aromatic rings. The molecule has 1 aliphatic rings. The van der Waals surface area contributed by atoms with E-state index in [0.29, 0.717) is 11.5 Å². The van der Waals surface area contributed by atoms with Crippen molar-refractivity contribution >= 4 is 6.29 Å². The molecule has 2 nitrogen and oxygen atoms in total. The van der Waals surface area contributed by atoms with Crippen LogP contribution in [-0.2, 0) is 5.60 Å². The zero-order valence-electron chi connectivity index (χ0n) is 8.94. The van der Waals surface area contributed by atoms with Crippen LogP contribution >= 0.6 is 0 Å². The van der Waals surface area contributed by atoms with Crippen LogP contribution in [-0.4, -0.2) is 11.4 Å². The Morgan fingerprint density at radius 1 is 1.40 bits per heavy atom. The lowest BCUT2D eigenvalue weighted by Gasteiger charge is -2.39. The molecule has 2 heteroatoms. The molecule has 15 heavy (non-hydrogen) atoms. The molecule has 1 aliphatic carbocycles. The molecule has 0 aliphatic heterocycles. The fourth-order valence-corrected chi connectivity index (χ4v) is 2.25. The van der Waals surface area contributed by atoms with Gasteiger partial charge in [-0.2, -0.15) is 0 Å². The number of carbonyl (C=O) groups is 1. The second-order valence-electron chi connectivity index (χ2n) is 4.48. The molecular weight excluding hydrogens is 188 g/mol. The van der Waals surface area contributed by atoms with Crippen molar-refractivity contribution in [3.63, 3.8) is 0 Å². The minimum Gasteiger partial charge on any atom is -0.385 e. The van der Waals surface area contributed by atoms with Gasteiger partial charge >= 0.3 is 0 Å². The van der Waals surface area contributed by atoms with E-state index in [0.717, 1.165) is 24.7 Å². The van der Waals surface area contributed by atoms with Gasteiger partial charge in [0.25, 0.3) is 0 Å². The summed E-state index contributed by atoms with van der Waals surface area (Å²) in [4.78, 5) is 10.9. The summed E-state index contributed by atoms with van der Waals surface area (Å²) in [5, 5.41) is 10.5. The lowest BCUT2D eigenvalue weighted by molar-refractivity contribution is -0.0402. The summed E-state index contributed by atoms with van der Waals surface area (Å²) in [6.45, 7) is 1.82. The third-order valence-corrected chi connectivity index (χ3v) is 3.53. The van der Waals surface area contributed by atoms with Crippen LogP contribution in [0.1, 0.15) is 42.1 Å². The third-order valence-electron chi connectivity index (χ3n) is 3.53. The molecule has 0 heterocycles. The average molecular weight is 204 g/mol. The standard InChI is InChI=1S/C13H16O2/c1-13(15,11-6-4-7-11)12-8-3-2-5-10(12)9-14/h2-3,5,8-9,11,15H,4,6-7H2,1H3. The Kier molecular flexibility index (Phi) is 2.61. The van der Waals surface area contributed by atoms with Crippen LogP contribution in [0.5, 0.6) is 0 Å². The van der Waals surface area contributed by atoms with E-state index in [4.69, 9.17) is 0 Å². The lowest BCUT2D eigenvalue weighted by atomic mass is 9.70. The largest absolute Gasteiger partial charge is 0.385 e. The Labute approximate surface area is 89.9 Å². The average Bonchev–Trinajstić information content (AvgIpc) is 2.14. The summed E-state index contributed by atoms with van der Waals surface area (Å²) >= 11 is 0. The number of aliphatic hydroxyl groups is 1. The molecule has 1 unspecified atom stereocenters. The van der Waals surface area contributed by atoms with Gasteiger partial charge in [0.05, 0.1) is 5.60 Å². The van der Waals surface area contributed by atoms with Gasteiger partial charge in [0, 0.05) is 5.56 Å². The van der Waals surface area contributed by atoms with Crippen LogP contribution in [0, 0.1) is 5.92 Å². The highest BCUT2D eigenvalue weighted by Crippen LogP contribution is 2.42. The molecule has 0 spiro atoms. The van der Waals surface area contributed by atoms with Crippen LogP contribution in [0.3, 0.4) is 0 Å². The first-order valence-corrected chi connectivity index (χ1v) is 5.43. The highest BCUT2D eigenvalue weighted by Gasteiger charge is 2.38. The van der Waals surface area contributed by atoms with Gasteiger partial charge in [-0.25, -0.2) is 0 Å². The molecule has 0 bridgehead atoms. The Morgan fingerprint density at radius 2 is 2.07 bits per heavy atom. The van der Waals surface area contributed by atoms with Gasteiger partial charge in [-0.3, -0.25) is 4.79 Å². The Hall–Kier alpha value is -1.15. The zero-order valence-corrected chi connectivity index (χ0v) is 8.94. The maximum atomic E-state index is 10.9. The van der Waals surface area contributed by atoms with Crippen molar-refractivity contribution in [2.24, 2.45) is 5.92 Å². The molecular formula is C13H16O2. The molecule has 0 amide bonds. The zero-order chi connectivity index (χ0) is 10.9. The first-order chi connectivity index (χ1) is 7.16. The van der Waals surface area contributed by atoms with Gasteiger partial charge < -0.3 is 5.11 Å². The first kappa shape index (κ1) is 10.4. The number of carbonyl (C=O) groups excluding carboxylic acids is 1. The molecule has 0 saturated heterocycles. The lowest BCUT2D eigenvalue weighted by Crippen LogP contribution is -2.37. The van der Waals surface area contributed by atoms with Crippen LogP contribution in [0.2, 0.25) is 0 Å². The second-order valence-corrected chi connectivity index (χ2v) is 4.48. The fraction of sp³-hybridized carbons (Fsp3) is 0.462. The number of hydrogen-bond acceptors (Lipinski definition) is 2. The number of benzene rings is 1. The van der Waals surface area contributed by atoms with Crippen molar-refractivity contribution in [2.75, 3.05) is 0 Å². The number of aldehydes is 1. The Morgan fingerprint density at radius 3 is 2.60 bits per heavy atom. The minimum atomic E-state index is -0.851. The third kappa shape index (κ3) is 1.70. The molecule has 1 fully saturated rings. The molecule has 1 N–H and O–H groups in total. The monoisotopic (exact) mass is 204 g/mol. The molecule has 80 valence electrons. The van der Waals surface area contributed by atoms with E-state index in [2.05, 4.69) is 0 Å². The maximum Gasteiger partial charge on any atom is 0.150 e. The van der Waals surface area contributed by atoms with Gasteiger partial charge in [-0.05, 0) is 31.2 Å². The first-order valence-electron chi connectivity index (χ1n) is 5.43. The van der Waals surface area contributed by atoms with E-state index < -0.39 is 5.60 Å². The van der Waals surface area contributed by atoms with Crippen molar-refractivity contribution in [3.05, 3.63) is 35.4 Å². The van der Waals surface area contributed by atoms with Crippen LogP contribution in [0.25, 0.3) is 0 Å². The predicted octanol–water partition coefficient (Wildman–Crippen LogP) is 2.51. The van der Waals surface area contributed by atoms with E-state index in [-0.39, 0.29) is 0 Å². The molecule has 1 aromatic carbocycles. The number of rotatable bonds is 3. The van der Waals surface area contributed by atoms with Gasteiger partial charge in [0.2, 0.25) is 0 Å². The van der Waals surface area contributed by atoms with Crippen molar-refractivity contribution < 1.29 is 9.90 Å².